The number of halogens is 3. The highest BCUT2D eigenvalue weighted by atomic mass is 79.9. The molecule has 0 aromatic heterocycles. The van der Waals surface area contributed by atoms with Gasteiger partial charge in [0.05, 0.1) is 15.9 Å². The highest BCUT2D eigenvalue weighted by molar-refractivity contribution is 9.10. The molecule has 32 heavy (non-hydrogen) atoms. The fourth-order valence-corrected chi connectivity index (χ4v) is 4.86. The van der Waals surface area contributed by atoms with Gasteiger partial charge in [0.2, 0.25) is 0 Å². The van der Waals surface area contributed by atoms with Crippen molar-refractivity contribution in [1.29, 1.82) is 0 Å². The van der Waals surface area contributed by atoms with E-state index in [-0.39, 0.29) is 17.7 Å². The predicted octanol–water partition coefficient (Wildman–Crippen LogP) is 7.68. The highest BCUT2D eigenvalue weighted by Gasteiger charge is 2.35. The van der Waals surface area contributed by atoms with Gasteiger partial charge in [-0.15, -0.1) is 0 Å². The Balaban J connectivity index is 1.45. The third-order valence-corrected chi connectivity index (χ3v) is 7.15. The summed E-state index contributed by atoms with van der Waals surface area (Å²) in [5, 5.41) is 0.377. The maximum atomic E-state index is 12.8. The van der Waals surface area contributed by atoms with Gasteiger partial charge in [0, 0.05) is 15.1 Å². The predicted molar refractivity (Wildman–Crippen MR) is 136 cm³/mol. The zero-order valence-electron chi connectivity index (χ0n) is 16.6. The maximum Gasteiger partial charge on any atom is 0.293 e. The molecule has 0 atom stereocenters. The van der Waals surface area contributed by atoms with Crippen molar-refractivity contribution in [2.75, 3.05) is 0 Å². The lowest BCUT2D eigenvalue weighted by Gasteiger charge is -2.12. The lowest BCUT2D eigenvalue weighted by molar-refractivity contribution is -0.123. The number of hydrogen-bond acceptors (Lipinski definition) is 4. The van der Waals surface area contributed by atoms with Crippen molar-refractivity contribution < 1.29 is 14.3 Å². The Morgan fingerprint density at radius 3 is 2.47 bits per heavy atom. The van der Waals surface area contributed by atoms with Crippen molar-refractivity contribution in [2.45, 2.75) is 13.2 Å². The first-order chi connectivity index (χ1) is 15.4. The Kier molecular flexibility index (Phi) is 7.40. The number of imide groups is 1. The second-order valence-corrected chi connectivity index (χ2v) is 10.1. The first kappa shape index (κ1) is 23.1. The minimum absolute atomic E-state index is 0.244. The van der Waals surface area contributed by atoms with E-state index in [0.29, 0.717) is 22.3 Å². The van der Waals surface area contributed by atoms with E-state index in [1.165, 1.54) is 4.90 Å². The topological polar surface area (TPSA) is 46.6 Å². The molecule has 0 saturated carbocycles. The van der Waals surface area contributed by atoms with Crippen molar-refractivity contribution >= 4 is 72.4 Å². The molecule has 1 aliphatic rings. The Hall–Kier alpha value is -2.06. The van der Waals surface area contributed by atoms with Gasteiger partial charge in [0.15, 0.2) is 0 Å². The zero-order valence-corrected chi connectivity index (χ0v) is 21.3. The number of benzene rings is 3. The molecule has 0 bridgehead atoms. The Morgan fingerprint density at radius 1 is 1.00 bits per heavy atom. The minimum atomic E-state index is -0.293. The first-order valence-corrected chi connectivity index (χ1v) is 12.3. The minimum Gasteiger partial charge on any atom is -0.488 e. The van der Waals surface area contributed by atoms with Crippen LogP contribution in [0.15, 0.2) is 80.6 Å². The van der Waals surface area contributed by atoms with Crippen molar-refractivity contribution in [3.8, 4) is 5.75 Å². The molecule has 0 radical (unpaired) electrons. The van der Waals surface area contributed by atoms with Gasteiger partial charge in [0.25, 0.3) is 11.1 Å². The molecule has 0 N–H and O–H groups in total. The van der Waals surface area contributed by atoms with Gasteiger partial charge in [-0.25, -0.2) is 0 Å². The van der Waals surface area contributed by atoms with Gasteiger partial charge in [-0.3, -0.25) is 14.5 Å². The van der Waals surface area contributed by atoms with E-state index in [1.807, 2.05) is 66.7 Å². The molecule has 3 aromatic rings. The van der Waals surface area contributed by atoms with Gasteiger partial charge in [-0.2, -0.15) is 0 Å². The maximum absolute atomic E-state index is 12.8. The molecule has 4 nitrogen and oxygen atoms in total. The van der Waals surface area contributed by atoms with E-state index in [4.69, 9.17) is 16.3 Å². The Labute approximate surface area is 211 Å². The second kappa shape index (κ2) is 10.3. The van der Waals surface area contributed by atoms with E-state index in [2.05, 4.69) is 31.9 Å². The monoisotopic (exact) mass is 591 g/mol. The van der Waals surface area contributed by atoms with Gasteiger partial charge in [-0.1, -0.05) is 63.9 Å². The molecule has 0 unspecified atom stereocenters. The fourth-order valence-electron chi connectivity index (χ4n) is 3.05. The average molecular weight is 594 g/mol. The average Bonchev–Trinajstić information content (AvgIpc) is 3.03. The summed E-state index contributed by atoms with van der Waals surface area (Å²) < 4.78 is 7.56. The largest absolute Gasteiger partial charge is 0.488 e. The third kappa shape index (κ3) is 5.46. The number of ether oxygens (including phenoxy) is 1. The van der Waals surface area contributed by atoms with Crippen LogP contribution in [-0.4, -0.2) is 16.0 Å². The molecular formula is C24H16Br2ClNO3S. The van der Waals surface area contributed by atoms with E-state index < -0.39 is 0 Å². The normalized spacial score (nSPS) is 15.0. The van der Waals surface area contributed by atoms with E-state index in [9.17, 15) is 9.59 Å². The van der Waals surface area contributed by atoms with Crippen molar-refractivity contribution in [3.63, 3.8) is 0 Å². The van der Waals surface area contributed by atoms with Gasteiger partial charge in [0.1, 0.15) is 12.4 Å². The summed E-state index contributed by atoms with van der Waals surface area (Å²) in [7, 11) is 0. The van der Waals surface area contributed by atoms with Crippen molar-refractivity contribution in [2.24, 2.45) is 0 Å². The number of carbonyl (C=O) groups is 2. The van der Waals surface area contributed by atoms with Gasteiger partial charge >= 0.3 is 0 Å². The smallest absolute Gasteiger partial charge is 0.293 e. The summed E-state index contributed by atoms with van der Waals surface area (Å²) in [5.74, 6) is 0.364. The molecule has 0 spiro atoms. The Morgan fingerprint density at radius 2 is 1.75 bits per heavy atom. The molecule has 8 heteroatoms. The van der Waals surface area contributed by atoms with Crippen LogP contribution in [0, 0.1) is 0 Å². The quantitative estimate of drug-likeness (QED) is 0.275. The summed E-state index contributed by atoms with van der Waals surface area (Å²) in [6, 6.07) is 20.6. The molecule has 0 aliphatic carbocycles. The van der Waals surface area contributed by atoms with E-state index in [1.54, 1.807) is 6.08 Å². The Bertz CT molecular complexity index is 1210. The third-order valence-electron chi connectivity index (χ3n) is 4.72. The standard InChI is InChI=1S/C24H16Br2ClNO3S/c25-18-8-5-15(6-9-18)13-28-23(29)22(32-24(28)30)12-16-7-10-21(19(26)11-16)31-14-17-3-1-2-4-20(17)27/h1-12H,13-14H2/b22-12-. The molecule has 162 valence electrons. The highest BCUT2D eigenvalue weighted by Crippen LogP contribution is 2.35. The number of hydrogen-bond donors (Lipinski definition) is 0. The van der Waals surface area contributed by atoms with Crippen LogP contribution in [0.1, 0.15) is 16.7 Å². The van der Waals surface area contributed by atoms with Gasteiger partial charge in [-0.05, 0) is 75.2 Å². The van der Waals surface area contributed by atoms with Crippen LogP contribution in [0.4, 0.5) is 4.79 Å². The van der Waals surface area contributed by atoms with Crippen LogP contribution in [0.2, 0.25) is 5.02 Å². The van der Waals surface area contributed by atoms with Crippen LogP contribution in [0.25, 0.3) is 6.08 Å². The summed E-state index contributed by atoms with van der Waals surface area (Å²) in [6.07, 6.45) is 1.72. The van der Waals surface area contributed by atoms with E-state index >= 15 is 0 Å². The molecule has 1 heterocycles. The summed E-state index contributed by atoms with van der Waals surface area (Å²) in [4.78, 5) is 26.8. The number of carbonyl (C=O) groups excluding carboxylic acids is 2. The molecule has 3 aromatic carbocycles. The molecule has 4 rings (SSSR count). The first-order valence-electron chi connectivity index (χ1n) is 9.56. The van der Waals surface area contributed by atoms with Crippen LogP contribution in [0.3, 0.4) is 0 Å². The number of amides is 2. The number of thioether (sulfide) groups is 1. The SMILES string of the molecule is O=C1S/C(=C\c2ccc(OCc3ccccc3Cl)c(Br)c2)C(=O)N1Cc1ccc(Br)cc1. The van der Waals surface area contributed by atoms with E-state index in [0.717, 1.165) is 37.4 Å². The fraction of sp³-hybridized carbons (Fsp3) is 0.0833. The summed E-state index contributed by atoms with van der Waals surface area (Å²) in [5.41, 5.74) is 2.57. The molecular weight excluding hydrogens is 578 g/mol. The van der Waals surface area contributed by atoms with Crippen LogP contribution in [-0.2, 0) is 17.9 Å². The molecule has 2 amide bonds. The molecule has 1 saturated heterocycles. The second-order valence-electron chi connectivity index (χ2n) is 6.96. The zero-order chi connectivity index (χ0) is 22.7. The number of rotatable bonds is 6. The van der Waals surface area contributed by atoms with Crippen LogP contribution >= 0.6 is 55.2 Å². The summed E-state index contributed by atoms with van der Waals surface area (Å²) >= 11 is 14.0. The molecule has 1 fully saturated rings. The van der Waals surface area contributed by atoms with Gasteiger partial charge < -0.3 is 4.74 Å². The lowest BCUT2D eigenvalue weighted by atomic mass is 10.2. The van der Waals surface area contributed by atoms with Crippen molar-refractivity contribution in [1.82, 2.24) is 4.90 Å². The van der Waals surface area contributed by atoms with Crippen LogP contribution in [0.5, 0.6) is 5.75 Å². The van der Waals surface area contributed by atoms with Crippen LogP contribution < -0.4 is 4.74 Å². The van der Waals surface area contributed by atoms with Crippen molar-refractivity contribution in [3.05, 3.63) is 102 Å². The summed E-state index contributed by atoms with van der Waals surface area (Å²) in [6.45, 7) is 0.584. The number of nitrogens with zero attached hydrogens (tertiary/aromatic N) is 1. The molecule has 1 aliphatic heterocycles. The lowest BCUT2D eigenvalue weighted by Crippen LogP contribution is -2.27.